The number of nitrogens with two attached hydrogens (primary N) is 1. The molecule has 0 saturated heterocycles. The summed E-state index contributed by atoms with van der Waals surface area (Å²) in [6.45, 7) is 2.37. The van der Waals surface area contributed by atoms with Gasteiger partial charge in [-0.05, 0) is 19.1 Å². The van der Waals surface area contributed by atoms with E-state index in [4.69, 9.17) is 22.4 Å². The number of ketones is 1. The maximum Gasteiger partial charge on any atom is 0.184 e. The van der Waals surface area contributed by atoms with Crippen molar-refractivity contribution in [2.75, 3.05) is 6.61 Å². The van der Waals surface area contributed by atoms with Crippen molar-refractivity contribution in [2.24, 2.45) is 5.73 Å². The summed E-state index contributed by atoms with van der Waals surface area (Å²) in [5.41, 5.74) is 7.02. The molecule has 5 heteroatoms. The molecule has 0 aliphatic rings. The van der Waals surface area contributed by atoms with Gasteiger partial charge in [-0.1, -0.05) is 17.7 Å². The minimum Gasteiger partial charge on any atom is -0.394 e. The summed E-state index contributed by atoms with van der Waals surface area (Å²) >= 11 is 5.96. The number of aryl methyl sites for hydroxylation is 1. The van der Waals surface area contributed by atoms with E-state index in [0.29, 0.717) is 10.6 Å². The number of hydrogen-bond donors (Lipinski definition) is 2. The number of nitrogens with zero attached hydrogens (tertiary/aromatic N) is 1. The number of carbonyl (C=O) groups excluding carboxylic acids is 1. The zero-order valence-electron chi connectivity index (χ0n) is 10.1. The molecule has 0 radical (unpaired) electrons. The normalized spacial score (nSPS) is 12.9. The van der Waals surface area contributed by atoms with Crippen molar-refractivity contribution in [3.63, 3.8) is 0 Å². The summed E-state index contributed by atoms with van der Waals surface area (Å²) in [7, 11) is 0. The third-order valence-electron chi connectivity index (χ3n) is 2.98. The van der Waals surface area contributed by atoms with Gasteiger partial charge in [0.25, 0.3) is 0 Å². The molecule has 1 heterocycles. The van der Waals surface area contributed by atoms with Crippen LogP contribution >= 0.6 is 11.6 Å². The second kappa shape index (κ2) is 5.10. The smallest absolute Gasteiger partial charge is 0.184 e. The number of rotatable bonds is 4. The van der Waals surface area contributed by atoms with Crippen molar-refractivity contribution >= 4 is 28.3 Å². The Morgan fingerprint density at radius 3 is 2.89 bits per heavy atom. The molecule has 4 nitrogen and oxygen atoms in total. The van der Waals surface area contributed by atoms with Gasteiger partial charge in [0.15, 0.2) is 5.78 Å². The summed E-state index contributed by atoms with van der Waals surface area (Å²) in [4.78, 5) is 12.1. The van der Waals surface area contributed by atoms with Crippen molar-refractivity contribution < 1.29 is 9.90 Å². The highest BCUT2D eigenvalue weighted by Crippen LogP contribution is 2.25. The van der Waals surface area contributed by atoms with Gasteiger partial charge in [-0.15, -0.1) is 0 Å². The second-order valence-electron chi connectivity index (χ2n) is 4.14. The number of fused-ring (bicyclic) bond motifs is 1. The highest BCUT2D eigenvalue weighted by atomic mass is 35.5. The predicted molar refractivity (Wildman–Crippen MR) is 72.0 cm³/mol. The number of aromatic nitrogens is 1. The summed E-state index contributed by atoms with van der Waals surface area (Å²) in [5.74, 6) is -0.253. The fourth-order valence-electron chi connectivity index (χ4n) is 2.01. The van der Waals surface area contributed by atoms with E-state index >= 15 is 0 Å². The van der Waals surface area contributed by atoms with E-state index in [1.165, 1.54) is 0 Å². The molecule has 1 unspecified atom stereocenters. The van der Waals surface area contributed by atoms with Gasteiger partial charge in [0.1, 0.15) is 0 Å². The van der Waals surface area contributed by atoms with Gasteiger partial charge in [0.05, 0.1) is 18.2 Å². The Bertz CT molecular complexity index is 592. The monoisotopic (exact) mass is 266 g/mol. The van der Waals surface area contributed by atoms with E-state index in [1.54, 1.807) is 18.3 Å². The van der Waals surface area contributed by atoms with Crippen molar-refractivity contribution in [1.29, 1.82) is 0 Å². The van der Waals surface area contributed by atoms with Gasteiger partial charge in [0, 0.05) is 28.7 Å². The minimum absolute atomic E-state index is 0.253. The van der Waals surface area contributed by atoms with Gasteiger partial charge < -0.3 is 15.4 Å². The molecule has 0 spiro atoms. The average molecular weight is 267 g/mol. The van der Waals surface area contributed by atoms with Crippen LogP contribution in [0.5, 0.6) is 0 Å². The second-order valence-corrected chi connectivity index (χ2v) is 4.58. The van der Waals surface area contributed by atoms with Crippen molar-refractivity contribution in [1.82, 2.24) is 4.57 Å². The quantitative estimate of drug-likeness (QED) is 0.830. The van der Waals surface area contributed by atoms with Gasteiger partial charge in [0.2, 0.25) is 0 Å². The molecule has 0 aliphatic carbocycles. The molecule has 0 amide bonds. The molecule has 2 aromatic rings. The zero-order chi connectivity index (χ0) is 13.3. The van der Waals surface area contributed by atoms with Gasteiger partial charge >= 0.3 is 0 Å². The molecule has 1 atom stereocenters. The lowest BCUT2D eigenvalue weighted by Crippen LogP contribution is -2.33. The Balaban J connectivity index is 2.62. The molecule has 0 fully saturated rings. The predicted octanol–water partition coefficient (Wildman–Crippen LogP) is 1.82. The number of hydrogen-bond acceptors (Lipinski definition) is 3. The van der Waals surface area contributed by atoms with Crippen LogP contribution in [0.4, 0.5) is 0 Å². The molecular formula is C13H15ClN2O2. The Hall–Kier alpha value is -1.36. The zero-order valence-corrected chi connectivity index (χ0v) is 10.8. The topological polar surface area (TPSA) is 68.2 Å². The SMILES string of the molecule is CCn1cc(C(=O)C(N)CO)c2ccc(Cl)cc21. The third kappa shape index (κ3) is 2.14. The molecule has 0 aliphatic heterocycles. The number of Topliss-reactive ketones (excluding diaryl/α,β-unsaturated/α-hetero) is 1. The van der Waals surface area contributed by atoms with Gasteiger partial charge in [-0.2, -0.15) is 0 Å². The van der Waals surface area contributed by atoms with Crippen LogP contribution < -0.4 is 5.73 Å². The first-order valence-electron chi connectivity index (χ1n) is 5.77. The highest BCUT2D eigenvalue weighted by molar-refractivity contribution is 6.31. The Morgan fingerprint density at radius 1 is 1.56 bits per heavy atom. The Labute approximate surface area is 110 Å². The lowest BCUT2D eigenvalue weighted by atomic mass is 10.0. The van der Waals surface area contributed by atoms with Crippen LogP contribution in [0.15, 0.2) is 24.4 Å². The van der Waals surface area contributed by atoms with Crippen molar-refractivity contribution in [3.8, 4) is 0 Å². The fourth-order valence-corrected chi connectivity index (χ4v) is 2.17. The fraction of sp³-hybridized carbons (Fsp3) is 0.308. The lowest BCUT2D eigenvalue weighted by molar-refractivity contribution is 0.0927. The number of halogens is 1. The number of carbonyl (C=O) groups is 1. The molecular weight excluding hydrogens is 252 g/mol. The molecule has 1 aromatic heterocycles. The highest BCUT2D eigenvalue weighted by Gasteiger charge is 2.20. The maximum absolute atomic E-state index is 12.1. The van der Waals surface area contributed by atoms with Crippen LogP contribution in [0.2, 0.25) is 5.02 Å². The van der Waals surface area contributed by atoms with Gasteiger partial charge in [-0.25, -0.2) is 0 Å². The molecule has 2 rings (SSSR count). The van der Waals surface area contributed by atoms with E-state index in [0.717, 1.165) is 17.4 Å². The first-order chi connectivity index (χ1) is 8.58. The van der Waals surface area contributed by atoms with E-state index in [-0.39, 0.29) is 12.4 Å². The van der Waals surface area contributed by atoms with Crippen LogP contribution in [0.1, 0.15) is 17.3 Å². The van der Waals surface area contributed by atoms with Gasteiger partial charge in [-0.3, -0.25) is 4.79 Å². The Morgan fingerprint density at radius 2 is 2.28 bits per heavy atom. The van der Waals surface area contributed by atoms with E-state index in [1.807, 2.05) is 17.6 Å². The summed E-state index contributed by atoms with van der Waals surface area (Å²) in [5, 5.41) is 10.4. The first-order valence-corrected chi connectivity index (χ1v) is 6.15. The largest absolute Gasteiger partial charge is 0.394 e. The van der Waals surface area contributed by atoms with Crippen LogP contribution in [0, 0.1) is 0 Å². The molecule has 3 N–H and O–H groups in total. The number of aliphatic hydroxyl groups excluding tert-OH is 1. The average Bonchev–Trinajstić information content (AvgIpc) is 2.74. The lowest BCUT2D eigenvalue weighted by Gasteiger charge is -2.05. The number of aliphatic hydroxyl groups is 1. The first kappa shape index (κ1) is 13.1. The minimum atomic E-state index is -0.878. The van der Waals surface area contributed by atoms with Crippen molar-refractivity contribution in [3.05, 3.63) is 35.0 Å². The molecule has 18 heavy (non-hydrogen) atoms. The molecule has 96 valence electrons. The number of benzene rings is 1. The molecule has 0 bridgehead atoms. The molecule has 0 saturated carbocycles. The van der Waals surface area contributed by atoms with E-state index < -0.39 is 6.04 Å². The maximum atomic E-state index is 12.1. The summed E-state index contributed by atoms with van der Waals surface area (Å²) in [6, 6.07) is 4.49. The van der Waals surface area contributed by atoms with Crippen LogP contribution in [-0.4, -0.2) is 28.1 Å². The van der Waals surface area contributed by atoms with Crippen molar-refractivity contribution in [2.45, 2.75) is 19.5 Å². The Kier molecular flexibility index (Phi) is 3.71. The standard InChI is InChI=1S/C13H15ClN2O2/c1-2-16-6-10(13(18)11(15)7-17)9-4-3-8(14)5-12(9)16/h3-6,11,17H,2,7,15H2,1H3. The van der Waals surface area contributed by atoms with Crippen LogP contribution in [0.25, 0.3) is 10.9 Å². The molecule has 1 aromatic carbocycles. The van der Waals surface area contributed by atoms with Crippen LogP contribution in [-0.2, 0) is 6.54 Å². The summed E-state index contributed by atoms with van der Waals surface area (Å²) < 4.78 is 1.94. The summed E-state index contributed by atoms with van der Waals surface area (Å²) in [6.07, 6.45) is 1.76. The van der Waals surface area contributed by atoms with E-state index in [9.17, 15) is 4.79 Å². The third-order valence-corrected chi connectivity index (χ3v) is 3.22. The van der Waals surface area contributed by atoms with E-state index in [2.05, 4.69) is 0 Å². The van der Waals surface area contributed by atoms with Crippen LogP contribution in [0.3, 0.4) is 0 Å².